The highest BCUT2D eigenvalue weighted by Crippen LogP contribution is 2.42. The van der Waals surface area contributed by atoms with Crippen molar-refractivity contribution >= 4 is 5.91 Å². The van der Waals surface area contributed by atoms with Gasteiger partial charge in [0, 0.05) is 44.6 Å². The van der Waals surface area contributed by atoms with Crippen molar-refractivity contribution in [2.75, 3.05) is 19.7 Å². The molecular weight excluding hydrogens is 306 g/mol. The molecule has 7 heteroatoms. The van der Waals surface area contributed by atoms with Crippen LogP contribution in [0.3, 0.4) is 0 Å². The molecule has 4 heterocycles. The third kappa shape index (κ3) is 2.80. The first-order chi connectivity index (χ1) is 11.7. The first-order valence-corrected chi connectivity index (χ1v) is 8.33. The Kier molecular flexibility index (Phi) is 3.80. The maximum Gasteiger partial charge on any atom is 0.274 e. The lowest BCUT2D eigenvalue weighted by Crippen LogP contribution is -2.46. The Morgan fingerprint density at radius 2 is 2.12 bits per heavy atom. The van der Waals surface area contributed by atoms with Crippen LogP contribution in [0.25, 0.3) is 0 Å². The van der Waals surface area contributed by atoms with Crippen LogP contribution in [0, 0.1) is 0 Å². The number of hydrogen-bond donors (Lipinski definition) is 0. The van der Waals surface area contributed by atoms with E-state index in [0.717, 1.165) is 25.9 Å². The van der Waals surface area contributed by atoms with E-state index in [1.54, 1.807) is 12.4 Å². The third-order valence-electron chi connectivity index (χ3n) is 5.15. The average Bonchev–Trinajstić information content (AvgIpc) is 3.23. The molecule has 0 N–H and O–H groups in total. The van der Waals surface area contributed by atoms with E-state index in [0.29, 0.717) is 24.7 Å². The molecule has 2 aromatic rings. The summed E-state index contributed by atoms with van der Waals surface area (Å²) in [7, 11) is 1.94. The molecule has 0 bridgehead atoms. The molecule has 0 unspecified atom stereocenters. The summed E-state index contributed by atoms with van der Waals surface area (Å²) in [5.41, 5.74) is 1.56. The Bertz CT molecular complexity index is 722. The van der Waals surface area contributed by atoms with Gasteiger partial charge in [-0.25, -0.2) is 4.98 Å². The second kappa shape index (κ2) is 5.98. The second-order valence-corrected chi connectivity index (χ2v) is 6.73. The number of likely N-dealkylation sites (tertiary alicyclic amines) is 1. The Balaban J connectivity index is 1.39. The van der Waals surface area contributed by atoms with Gasteiger partial charge in [-0.05, 0) is 24.8 Å². The van der Waals surface area contributed by atoms with E-state index in [9.17, 15) is 4.79 Å². The number of aryl methyl sites for hydroxylation is 1. The standard InChI is InChI=1S/C17H21N5O2/c1-21-11-14(9-20-21)13-8-17(24-12-13)2-6-22(7-3-17)16(23)15-10-18-4-5-19-15/h4-5,9-11,13H,2-3,6-8,12H2,1H3/t13-/m0/s1. The van der Waals surface area contributed by atoms with Gasteiger partial charge in [-0.15, -0.1) is 0 Å². The van der Waals surface area contributed by atoms with Crippen LogP contribution in [0.2, 0.25) is 0 Å². The van der Waals surface area contributed by atoms with Crippen molar-refractivity contribution in [3.05, 3.63) is 42.2 Å². The highest BCUT2D eigenvalue weighted by atomic mass is 16.5. The summed E-state index contributed by atoms with van der Waals surface area (Å²) in [5, 5.41) is 4.26. The quantitative estimate of drug-likeness (QED) is 0.833. The Morgan fingerprint density at radius 1 is 1.29 bits per heavy atom. The molecule has 1 amide bonds. The Labute approximate surface area is 140 Å². The number of ether oxygens (including phenoxy) is 1. The van der Waals surface area contributed by atoms with E-state index in [1.165, 1.54) is 11.8 Å². The van der Waals surface area contributed by atoms with Crippen LogP contribution < -0.4 is 0 Å². The van der Waals surface area contributed by atoms with Crippen LogP contribution in [0.5, 0.6) is 0 Å². The normalized spacial score (nSPS) is 22.9. The van der Waals surface area contributed by atoms with Gasteiger partial charge in [-0.3, -0.25) is 14.5 Å². The van der Waals surface area contributed by atoms with E-state index >= 15 is 0 Å². The zero-order valence-corrected chi connectivity index (χ0v) is 13.8. The summed E-state index contributed by atoms with van der Waals surface area (Å²) in [6, 6.07) is 0. The summed E-state index contributed by atoms with van der Waals surface area (Å²) in [6.45, 7) is 2.15. The molecule has 0 saturated carbocycles. The smallest absolute Gasteiger partial charge is 0.274 e. The predicted octanol–water partition coefficient (Wildman–Crippen LogP) is 1.39. The van der Waals surface area contributed by atoms with Gasteiger partial charge in [-0.2, -0.15) is 5.10 Å². The average molecular weight is 327 g/mol. The fourth-order valence-corrected chi connectivity index (χ4v) is 3.75. The SMILES string of the molecule is Cn1cc([C@@H]2COC3(CCN(C(=O)c4cnccn4)CC3)C2)cn1. The van der Waals surface area contributed by atoms with Crippen molar-refractivity contribution in [3.63, 3.8) is 0 Å². The molecule has 2 aliphatic heterocycles. The van der Waals surface area contributed by atoms with E-state index in [-0.39, 0.29) is 11.5 Å². The molecule has 0 radical (unpaired) electrons. The van der Waals surface area contributed by atoms with Gasteiger partial charge in [0.1, 0.15) is 5.69 Å². The number of rotatable bonds is 2. The van der Waals surface area contributed by atoms with E-state index in [2.05, 4.69) is 21.3 Å². The number of aromatic nitrogens is 4. The molecule has 2 aromatic heterocycles. The lowest BCUT2D eigenvalue weighted by Gasteiger charge is -2.38. The van der Waals surface area contributed by atoms with Crippen molar-refractivity contribution in [1.82, 2.24) is 24.6 Å². The summed E-state index contributed by atoms with van der Waals surface area (Å²) < 4.78 is 8.02. The first kappa shape index (κ1) is 15.3. The summed E-state index contributed by atoms with van der Waals surface area (Å²) >= 11 is 0. The van der Waals surface area contributed by atoms with E-state index in [4.69, 9.17) is 4.74 Å². The molecule has 7 nitrogen and oxygen atoms in total. The van der Waals surface area contributed by atoms with Gasteiger partial charge >= 0.3 is 0 Å². The molecule has 2 saturated heterocycles. The summed E-state index contributed by atoms with van der Waals surface area (Å²) in [4.78, 5) is 22.4. The minimum absolute atomic E-state index is 0.0419. The van der Waals surface area contributed by atoms with Crippen molar-refractivity contribution in [2.24, 2.45) is 7.05 Å². The maximum absolute atomic E-state index is 12.5. The van der Waals surface area contributed by atoms with Crippen molar-refractivity contribution in [2.45, 2.75) is 30.8 Å². The van der Waals surface area contributed by atoms with Gasteiger partial charge < -0.3 is 9.64 Å². The molecule has 2 fully saturated rings. The summed E-state index contributed by atoms with van der Waals surface area (Å²) in [5.74, 6) is 0.362. The van der Waals surface area contributed by atoms with Gasteiger partial charge in [0.2, 0.25) is 0 Å². The molecule has 126 valence electrons. The largest absolute Gasteiger partial charge is 0.374 e. The predicted molar refractivity (Wildman–Crippen MR) is 86.4 cm³/mol. The number of amides is 1. The minimum atomic E-state index is -0.0976. The maximum atomic E-state index is 12.5. The third-order valence-corrected chi connectivity index (χ3v) is 5.15. The number of carbonyl (C=O) groups is 1. The monoisotopic (exact) mass is 327 g/mol. The first-order valence-electron chi connectivity index (χ1n) is 8.33. The summed E-state index contributed by atoms with van der Waals surface area (Å²) in [6.07, 6.45) is 11.4. The zero-order chi connectivity index (χ0) is 16.6. The van der Waals surface area contributed by atoms with Gasteiger partial charge in [0.05, 0.1) is 24.6 Å². The van der Waals surface area contributed by atoms with Crippen LogP contribution in [-0.4, -0.2) is 55.9 Å². The van der Waals surface area contributed by atoms with Gasteiger partial charge in [0.15, 0.2) is 0 Å². The number of piperidine rings is 1. The van der Waals surface area contributed by atoms with Crippen LogP contribution in [0.1, 0.15) is 41.2 Å². The van der Waals surface area contributed by atoms with Crippen LogP contribution in [-0.2, 0) is 11.8 Å². The van der Waals surface area contributed by atoms with Crippen LogP contribution >= 0.6 is 0 Å². The fraction of sp³-hybridized carbons (Fsp3) is 0.529. The lowest BCUT2D eigenvalue weighted by atomic mass is 9.84. The van der Waals surface area contributed by atoms with E-state index in [1.807, 2.05) is 22.8 Å². The lowest BCUT2D eigenvalue weighted by molar-refractivity contribution is -0.0389. The molecular formula is C17H21N5O2. The minimum Gasteiger partial charge on any atom is -0.374 e. The Hall–Kier alpha value is -2.28. The van der Waals surface area contributed by atoms with Crippen molar-refractivity contribution < 1.29 is 9.53 Å². The van der Waals surface area contributed by atoms with Gasteiger partial charge in [-0.1, -0.05) is 0 Å². The second-order valence-electron chi connectivity index (χ2n) is 6.73. The number of carbonyl (C=O) groups excluding carboxylic acids is 1. The molecule has 0 aliphatic carbocycles. The molecule has 1 atom stereocenters. The fourth-order valence-electron chi connectivity index (χ4n) is 3.75. The van der Waals surface area contributed by atoms with E-state index < -0.39 is 0 Å². The number of hydrogen-bond acceptors (Lipinski definition) is 5. The highest BCUT2D eigenvalue weighted by molar-refractivity contribution is 5.92. The van der Waals surface area contributed by atoms with Crippen LogP contribution in [0.4, 0.5) is 0 Å². The number of nitrogens with zero attached hydrogens (tertiary/aromatic N) is 5. The van der Waals surface area contributed by atoms with Crippen LogP contribution in [0.15, 0.2) is 31.0 Å². The van der Waals surface area contributed by atoms with Crippen molar-refractivity contribution in [3.8, 4) is 0 Å². The Morgan fingerprint density at radius 3 is 2.79 bits per heavy atom. The zero-order valence-electron chi connectivity index (χ0n) is 13.8. The molecule has 1 spiro atoms. The molecule has 24 heavy (non-hydrogen) atoms. The molecule has 0 aromatic carbocycles. The highest BCUT2D eigenvalue weighted by Gasteiger charge is 2.44. The van der Waals surface area contributed by atoms with Crippen molar-refractivity contribution in [1.29, 1.82) is 0 Å². The topological polar surface area (TPSA) is 73.1 Å². The molecule has 4 rings (SSSR count). The van der Waals surface area contributed by atoms with Gasteiger partial charge in [0.25, 0.3) is 5.91 Å². The molecule has 2 aliphatic rings.